The number of benzene rings is 1. The van der Waals surface area contributed by atoms with E-state index >= 15 is 0 Å². The smallest absolute Gasteiger partial charge is 0.310 e. The molecule has 2 rings (SSSR count). The second-order valence-corrected chi connectivity index (χ2v) is 4.95. The number of rotatable bonds is 3. The second-order valence-electron chi connectivity index (χ2n) is 4.52. The first-order valence-electron chi connectivity index (χ1n) is 5.53. The van der Waals surface area contributed by atoms with Gasteiger partial charge in [0.15, 0.2) is 0 Å². The first kappa shape index (κ1) is 11.5. The Kier molecular flexibility index (Phi) is 2.70. The largest absolute Gasteiger partial charge is 0.481 e. The quantitative estimate of drug-likeness (QED) is 0.874. The first-order valence-corrected chi connectivity index (χ1v) is 5.90. The van der Waals surface area contributed by atoms with Crippen LogP contribution in [-0.4, -0.2) is 11.1 Å². The van der Waals surface area contributed by atoms with E-state index in [1.165, 1.54) is 0 Å². The minimum absolute atomic E-state index is 0.132. The van der Waals surface area contributed by atoms with Gasteiger partial charge in [0.2, 0.25) is 0 Å². The third kappa shape index (κ3) is 1.44. The topological polar surface area (TPSA) is 37.3 Å². The van der Waals surface area contributed by atoms with Crippen molar-refractivity contribution in [2.24, 2.45) is 11.3 Å². The van der Waals surface area contributed by atoms with E-state index < -0.39 is 11.4 Å². The molecule has 0 aliphatic heterocycles. The van der Waals surface area contributed by atoms with E-state index in [9.17, 15) is 9.90 Å². The lowest BCUT2D eigenvalue weighted by Crippen LogP contribution is -2.17. The van der Waals surface area contributed by atoms with Gasteiger partial charge in [-0.1, -0.05) is 37.6 Å². The first-order chi connectivity index (χ1) is 7.54. The number of hydrogen-bond acceptors (Lipinski definition) is 1. The molecule has 1 aliphatic rings. The van der Waals surface area contributed by atoms with Crippen molar-refractivity contribution in [2.45, 2.75) is 26.2 Å². The normalized spacial score (nSPS) is 32.4. The predicted molar refractivity (Wildman–Crippen MR) is 63.7 cm³/mol. The maximum absolute atomic E-state index is 11.3. The highest BCUT2D eigenvalue weighted by atomic mass is 35.5. The van der Waals surface area contributed by atoms with Gasteiger partial charge in [0, 0.05) is 10.9 Å². The van der Waals surface area contributed by atoms with Gasteiger partial charge in [-0.05, 0) is 30.0 Å². The summed E-state index contributed by atoms with van der Waals surface area (Å²) in [5.74, 6) is -0.342. The fourth-order valence-electron chi connectivity index (χ4n) is 2.91. The van der Waals surface area contributed by atoms with E-state index in [0.29, 0.717) is 11.4 Å². The Labute approximate surface area is 100 Å². The maximum Gasteiger partial charge on any atom is 0.310 e. The van der Waals surface area contributed by atoms with Crippen LogP contribution < -0.4 is 0 Å². The maximum atomic E-state index is 11.3. The van der Waals surface area contributed by atoms with Gasteiger partial charge in [-0.2, -0.15) is 0 Å². The van der Waals surface area contributed by atoms with Crippen molar-refractivity contribution in [3.05, 3.63) is 34.9 Å². The zero-order valence-corrected chi connectivity index (χ0v) is 10.2. The summed E-state index contributed by atoms with van der Waals surface area (Å²) in [6.45, 7) is 3.96. The van der Waals surface area contributed by atoms with Gasteiger partial charge in [0.05, 0.1) is 5.41 Å². The van der Waals surface area contributed by atoms with Gasteiger partial charge < -0.3 is 5.11 Å². The standard InChI is InChI=1S/C13H15ClO2/c1-3-13(12(15)16)8(2)11(13)9-4-6-10(14)7-5-9/h4-8,11H,3H2,1-2H3,(H,15,16)/t8-,11-,13+/m0/s1. The average molecular weight is 239 g/mol. The summed E-state index contributed by atoms with van der Waals surface area (Å²) < 4.78 is 0. The monoisotopic (exact) mass is 238 g/mol. The molecule has 0 heterocycles. The summed E-state index contributed by atoms with van der Waals surface area (Å²) in [6, 6.07) is 7.52. The van der Waals surface area contributed by atoms with Crippen LogP contribution in [0.1, 0.15) is 31.7 Å². The number of aliphatic carboxylic acids is 1. The van der Waals surface area contributed by atoms with Crippen LogP contribution in [0.5, 0.6) is 0 Å². The molecule has 1 aromatic rings. The van der Waals surface area contributed by atoms with Crippen LogP contribution in [0.25, 0.3) is 0 Å². The fourth-order valence-corrected chi connectivity index (χ4v) is 3.03. The van der Waals surface area contributed by atoms with Crippen molar-refractivity contribution in [1.29, 1.82) is 0 Å². The summed E-state index contributed by atoms with van der Waals surface area (Å²) in [4.78, 5) is 11.3. The van der Waals surface area contributed by atoms with Crippen molar-refractivity contribution in [3.63, 3.8) is 0 Å². The van der Waals surface area contributed by atoms with Gasteiger partial charge in [-0.25, -0.2) is 0 Å². The highest BCUT2D eigenvalue weighted by Gasteiger charge is 2.66. The lowest BCUT2D eigenvalue weighted by Gasteiger charge is -2.09. The highest BCUT2D eigenvalue weighted by Crippen LogP contribution is 2.66. The number of carboxylic acid groups (broad SMARTS) is 1. The van der Waals surface area contributed by atoms with Crippen LogP contribution in [-0.2, 0) is 4.79 Å². The molecule has 0 bridgehead atoms. The molecule has 0 radical (unpaired) electrons. The molecule has 3 heteroatoms. The Morgan fingerprint density at radius 3 is 2.38 bits per heavy atom. The minimum Gasteiger partial charge on any atom is -0.481 e. The molecule has 0 saturated heterocycles. The third-order valence-corrected chi connectivity index (χ3v) is 4.22. The van der Waals surface area contributed by atoms with Crippen molar-refractivity contribution in [3.8, 4) is 0 Å². The predicted octanol–water partition coefficient (Wildman–Crippen LogP) is 3.55. The molecule has 0 aromatic heterocycles. The Morgan fingerprint density at radius 1 is 1.44 bits per heavy atom. The summed E-state index contributed by atoms with van der Waals surface area (Å²) in [5.41, 5.74) is 0.523. The molecule has 1 aromatic carbocycles. The zero-order valence-electron chi connectivity index (χ0n) is 9.40. The minimum atomic E-state index is -0.678. The summed E-state index contributed by atoms with van der Waals surface area (Å²) in [7, 11) is 0. The molecule has 1 aliphatic carbocycles. The molecule has 0 spiro atoms. The average Bonchev–Trinajstić information content (AvgIpc) is 2.86. The molecule has 0 unspecified atom stereocenters. The molecule has 86 valence electrons. The molecule has 3 atom stereocenters. The van der Waals surface area contributed by atoms with E-state index in [0.717, 1.165) is 5.56 Å². The van der Waals surface area contributed by atoms with Crippen LogP contribution >= 0.6 is 11.6 Å². The molecule has 1 fully saturated rings. The molecule has 2 nitrogen and oxygen atoms in total. The molecule has 16 heavy (non-hydrogen) atoms. The van der Waals surface area contributed by atoms with E-state index in [1.54, 1.807) is 0 Å². The number of halogens is 1. The zero-order chi connectivity index (χ0) is 11.9. The van der Waals surface area contributed by atoms with Crippen molar-refractivity contribution >= 4 is 17.6 Å². The van der Waals surface area contributed by atoms with Gasteiger partial charge in [0.1, 0.15) is 0 Å². The van der Waals surface area contributed by atoms with Crippen LogP contribution in [0.4, 0.5) is 0 Å². The van der Waals surface area contributed by atoms with Gasteiger partial charge in [-0.3, -0.25) is 4.79 Å². The summed E-state index contributed by atoms with van der Waals surface area (Å²) in [5, 5.41) is 10.0. The Morgan fingerprint density at radius 2 is 2.00 bits per heavy atom. The van der Waals surface area contributed by atoms with E-state index in [2.05, 4.69) is 0 Å². The van der Waals surface area contributed by atoms with Crippen molar-refractivity contribution in [2.75, 3.05) is 0 Å². The summed E-state index contributed by atoms with van der Waals surface area (Å²) in [6.07, 6.45) is 0.677. The third-order valence-electron chi connectivity index (χ3n) is 3.97. The second kappa shape index (κ2) is 3.77. The SMILES string of the molecule is CC[C@]1(C(=O)O)[C@H](c2ccc(Cl)cc2)[C@@H]1C. The van der Waals surface area contributed by atoms with E-state index in [1.807, 2.05) is 38.1 Å². The molecule has 0 amide bonds. The molecular weight excluding hydrogens is 224 g/mol. The highest BCUT2D eigenvalue weighted by molar-refractivity contribution is 6.30. The lowest BCUT2D eigenvalue weighted by atomic mass is 9.96. The fraction of sp³-hybridized carbons (Fsp3) is 0.462. The summed E-state index contributed by atoms with van der Waals surface area (Å²) >= 11 is 5.82. The van der Waals surface area contributed by atoms with Gasteiger partial charge >= 0.3 is 5.97 Å². The van der Waals surface area contributed by atoms with Crippen LogP contribution in [0.2, 0.25) is 5.02 Å². The van der Waals surface area contributed by atoms with Crippen LogP contribution in [0.3, 0.4) is 0 Å². The Hall–Kier alpha value is -1.02. The van der Waals surface area contributed by atoms with E-state index in [4.69, 9.17) is 11.6 Å². The van der Waals surface area contributed by atoms with E-state index in [-0.39, 0.29) is 11.8 Å². The van der Waals surface area contributed by atoms with Crippen LogP contribution in [0, 0.1) is 11.3 Å². The molecular formula is C13H15ClO2. The number of hydrogen-bond donors (Lipinski definition) is 1. The van der Waals surface area contributed by atoms with Crippen molar-refractivity contribution < 1.29 is 9.90 Å². The van der Waals surface area contributed by atoms with Crippen molar-refractivity contribution in [1.82, 2.24) is 0 Å². The van der Waals surface area contributed by atoms with Crippen LogP contribution in [0.15, 0.2) is 24.3 Å². The molecule has 1 N–H and O–H groups in total. The Balaban J connectivity index is 2.31. The number of carbonyl (C=O) groups is 1. The number of carboxylic acids is 1. The van der Waals surface area contributed by atoms with Gasteiger partial charge in [0.25, 0.3) is 0 Å². The Bertz CT molecular complexity index is 412. The molecule has 1 saturated carbocycles. The lowest BCUT2D eigenvalue weighted by molar-refractivity contribution is -0.144. The van der Waals surface area contributed by atoms with Gasteiger partial charge in [-0.15, -0.1) is 0 Å².